The first-order valence-electron chi connectivity index (χ1n) is 12.0. The Labute approximate surface area is 219 Å². The zero-order valence-corrected chi connectivity index (χ0v) is 21.0. The van der Waals surface area contributed by atoms with Gasteiger partial charge < -0.3 is 9.72 Å². The lowest BCUT2D eigenvalue weighted by molar-refractivity contribution is 0.0520. The molecule has 0 spiro atoms. The Morgan fingerprint density at radius 1 is 0.811 bits per heavy atom. The lowest BCUT2D eigenvalue weighted by Gasteiger charge is -2.34. The molecule has 0 aliphatic carbocycles. The SMILES string of the molecule is CCOC(=O)c1[nH]c(SC(c2ccccc2)(c2ccccc2)c2ccccc2)nc1-c1ccc(F)cc1. The maximum atomic E-state index is 13.6. The Morgan fingerprint density at radius 3 is 1.76 bits per heavy atom. The van der Waals surface area contributed by atoms with Crippen molar-refractivity contribution in [1.82, 2.24) is 9.97 Å². The quantitative estimate of drug-likeness (QED) is 0.134. The molecule has 0 radical (unpaired) electrons. The van der Waals surface area contributed by atoms with Crippen LogP contribution in [0.5, 0.6) is 0 Å². The van der Waals surface area contributed by atoms with E-state index in [1.54, 1.807) is 19.1 Å². The standard InChI is InChI=1S/C31H25FN2O2S/c1-2-36-29(35)28-27(22-18-20-26(32)21-19-22)33-30(34-28)37-31(23-12-6-3-7-13-23,24-14-8-4-9-15-24)25-16-10-5-11-17-25/h3-21H,2H2,1H3,(H,33,34). The van der Waals surface area contributed by atoms with Crippen molar-refractivity contribution in [1.29, 1.82) is 0 Å². The molecule has 0 fully saturated rings. The number of halogens is 1. The van der Waals surface area contributed by atoms with Gasteiger partial charge in [0.05, 0.1) is 11.4 Å². The molecule has 0 saturated carbocycles. The molecule has 6 heteroatoms. The van der Waals surface area contributed by atoms with Crippen LogP contribution in [0.2, 0.25) is 0 Å². The molecule has 1 heterocycles. The van der Waals surface area contributed by atoms with Crippen molar-refractivity contribution in [3.05, 3.63) is 143 Å². The highest BCUT2D eigenvalue weighted by molar-refractivity contribution is 8.00. The van der Waals surface area contributed by atoms with Crippen LogP contribution >= 0.6 is 11.8 Å². The molecule has 0 aliphatic rings. The molecular formula is C31H25FN2O2S. The number of aromatic amines is 1. The number of thioether (sulfide) groups is 1. The number of nitrogens with zero attached hydrogens (tertiary/aromatic N) is 1. The summed E-state index contributed by atoms with van der Waals surface area (Å²) in [5.74, 6) is -0.867. The van der Waals surface area contributed by atoms with Crippen LogP contribution in [-0.2, 0) is 9.48 Å². The number of hydrogen-bond donors (Lipinski definition) is 1. The Balaban J connectivity index is 1.72. The molecule has 5 rings (SSSR count). The van der Waals surface area contributed by atoms with Crippen molar-refractivity contribution >= 4 is 17.7 Å². The summed E-state index contributed by atoms with van der Waals surface area (Å²) in [6.45, 7) is 1.98. The second kappa shape index (κ2) is 10.8. The molecule has 1 N–H and O–H groups in total. The van der Waals surface area contributed by atoms with Gasteiger partial charge in [0.1, 0.15) is 11.5 Å². The molecule has 0 aliphatic heterocycles. The fraction of sp³-hybridized carbons (Fsp3) is 0.0968. The molecule has 0 saturated heterocycles. The van der Waals surface area contributed by atoms with E-state index in [1.165, 1.54) is 23.9 Å². The van der Waals surface area contributed by atoms with Crippen molar-refractivity contribution in [2.24, 2.45) is 0 Å². The van der Waals surface area contributed by atoms with Gasteiger partial charge in [-0.1, -0.05) is 103 Å². The minimum Gasteiger partial charge on any atom is -0.461 e. The predicted octanol–water partition coefficient (Wildman–Crippen LogP) is 7.48. The van der Waals surface area contributed by atoms with Crippen LogP contribution in [0.3, 0.4) is 0 Å². The zero-order valence-electron chi connectivity index (χ0n) is 20.2. The number of imidazole rings is 1. The van der Waals surface area contributed by atoms with E-state index in [1.807, 2.05) is 54.6 Å². The highest BCUT2D eigenvalue weighted by Gasteiger charge is 2.39. The van der Waals surface area contributed by atoms with Gasteiger partial charge in [-0.05, 0) is 47.9 Å². The van der Waals surface area contributed by atoms with Crippen LogP contribution in [0.1, 0.15) is 34.1 Å². The van der Waals surface area contributed by atoms with E-state index >= 15 is 0 Å². The average molecular weight is 509 g/mol. The van der Waals surface area contributed by atoms with Crippen LogP contribution in [0.25, 0.3) is 11.3 Å². The first-order valence-corrected chi connectivity index (χ1v) is 12.8. The van der Waals surface area contributed by atoms with Crippen molar-refractivity contribution in [3.8, 4) is 11.3 Å². The number of benzene rings is 4. The smallest absolute Gasteiger partial charge is 0.357 e. The molecule has 0 amide bonds. The molecule has 1 aromatic heterocycles. The molecule has 37 heavy (non-hydrogen) atoms. The van der Waals surface area contributed by atoms with Crippen molar-refractivity contribution in [2.45, 2.75) is 16.8 Å². The number of aromatic nitrogens is 2. The van der Waals surface area contributed by atoms with E-state index in [0.29, 0.717) is 16.4 Å². The van der Waals surface area contributed by atoms with Crippen molar-refractivity contribution in [2.75, 3.05) is 6.61 Å². The Kier molecular flexibility index (Phi) is 7.19. The van der Waals surface area contributed by atoms with E-state index in [2.05, 4.69) is 41.4 Å². The third-order valence-electron chi connectivity index (χ3n) is 6.07. The molecule has 5 aromatic rings. The minimum atomic E-state index is -0.673. The Morgan fingerprint density at radius 2 is 1.30 bits per heavy atom. The summed E-state index contributed by atoms with van der Waals surface area (Å²) in [5.41, 5.74) is 4.47. The lowest BCUT2D eigenvalue weighted by atomic mass is 9.84. The fourth-order valence-corrected chi connectivity index (χ4v) is 5.75. The van der Waals surface area contributed by atoms with Gasteiger partial charge in [0.15, 0.2) is 10.9 Å². The summed E-state index contributed by atoms with van der Waals surface area (Å²) in [5, 5.41) is 0.541. The van der Waals surface area contributed by atoms with Gasteiger partial charge in [0.2, 0.25) is 0 Å². The van der Waals surface area contributed by atoms with Crippen molar-refractivity contribution in [3.63, 3.8) is 0 Å². The Hall–Kier alpha value is -4.16. The number of ether oxygens (including phenoxy) is 1. The molecule has 4 aromatic carbocycles. The number of H-pyrrole nitrogens is 1. The predicted molar refractivity (Wildman–Crippen MR) is 145 cm³/mol. The van der Waals surface area contributed by atoms with Crippen molar-refractivity contribution < 1.29 is 13.9 Å². The number of hydrogen-bond acceptors (Lipinski definition) is 4. The highest BCUT2D eigenvalue weighted by atomic mass is 32.2. The molecule has 0 unspecified atom stereocenters. The maximum absolute atomic E-state index is 13.6. The first-order chi connectivity index (χ1) is 18.1. The molecule has 4 nitrogen and oxygen atoms in total. The van der Waals surface area contributed by atoms with Gasteiger partial charge in [0.25, 0.3) is 0 Å². The van der Waals surface area contributed by atoms with E-state index in [9.17, 15) is 9.18 Å². The number of nitrogens with one attached hydrogen (secondary N) is 1. The Bertz CT molecular complexity index is 1370. The van der Waals surface area contributed by atoms with Gasteiger partial charge >= 0.3 is 5.97 Å². The number of carbonyl (C=O) groups is 1. The number of carbonyl (C=O) groups excluding carboxylic acids is 1. The van der Waals surface area contributed by atoms with Gasteiger partial charge in [-0.15, -0.1) is 0 Å². The third-order valence-corrected chi connectivity index (χ3v) is 7.47. The largest absolute Gasteiger partial charge is 0.461 e. The summed E-state index contributed by atoms with van der Waals surface area (Å²) < 4.78 is 18.3. The topological polar surface area (TPSA) is 55.0 Å². The maximum Gasteiger partial charge on any atom is 0.357 e. The summed E-state index contributed by atoms with van der Waals surface area (Å²) >= 11 is 1.52. The summed E-state index contributed by atoms with van der Waals surface area (Å²) in [6, 6.07) is 36.6. The van der Waals surface area contributed by atoms with E-state index in [-0.39, 0.29) is 18.1 Å². The highest BCUT2D eigenvalue weighted by Crippen LogP contribution is 2.51. The second-order valence-electron chi connectivity index (χ2n) is 8.37. The second-order valence-corrected chi connectivity index (χ2v) is 9.58. The van der Waals surface area contributed by atoms with Gasteiger partial charge in [0, 0.05) is 5.56 Å². The monoisotopic (exact) mass is 508 g/mol. The summed E-state index contributed by atoms with van der Waals surface area (Å²) in [4.78, 5) is 21.0. The average Bonchev–Trinajstić information content (AvgIpc) is 3.37. The number of rotatable bonds is 8. The third kappa shape index (κ3) is 4.93. The lowest BCUT2D eigenvalue weighted by Crippen LogP contribution is -2.25. The number of esters is 1. The van der Waals surface area contributed by atoms with Crippen LogP contribution in [-0.4, -0.2) is 22.5 Å². The fourth-order valence-electron chi connectivity index (χ4n) is 4.41. The van der Waals surface area contributed by atoms with Crippen LogP contribution in [0.4, 0.5) is 4.39 Å². The molecule has 184 valence electrons. The zero-order chi connectivity index (χ0) is 25.7. The molecule has 0 atom stereocenters. The van der Waals surface area contributed by atoms with Crippen LogP contribution in [0.15, 0.2) is 120 Å². The first kappa shape index (κ1) is 24.5. The summed E-state index contributed by atoms with van der Waals surface area (Å²) in [6.07, 6.45) is 0. The molecule has 0 bridgehead atoms. The van der Waals surface area contributed by atoms with Gasteiger partial charge in [-0.25, -0.2) is 14.2 Å². The molecular weight excluding hydrogens is 483 g/mol. The van der Waals surface area contributed by atoms with Crippen LogP contribution in [0, 0.1) is 5.82 Å². The minimum absolute atomic E-state index is 0.227. The van der Waals surface area contributed by atoms with E-state index in [0.717, 1.165) is 16.7 Å². The van der Waals surface area contributed by atoms with Gasteiger partial charge in [-0.2, -0.15) is 0 Å². The van der Waals surface area contributed by atoms with E-state index in [4.69, 9.17) is 9.72 Å². The van der Waals surface area contributed by atoms with Crippen LogP contribution < -0.4 is 0 Å². The van der Waals surface area contributed by atoms with E-state index < -0.39 is 10.7 Å². The van der Waals surface area contributed by atoms with Gasteiger partial charge in [-0.3, -0.25) is 0 Å². The summed E-state index contributed by atoms with van der Waals surface area (Å²) in [7, 11) is 0. The normalized spacial score (nSPS) is 11.3.